The summed E-state index contributed by atoms with van der Waals surface area (Å²) in [6.45, 7) is 1.97. The van der Waals surface area contributed by atoms with Crippen LogP contribution in [-0.2, 0) is 9.53 Å². The van der Waals surface area contributed by atoms with Crippen molar-refractivity contribution in [2.75, 3.05) is 11.9 Å². The molecule has 0 radical (unpaired) electrons. The Kier molecular flexibility index (Phi) is 7.72. The van der Waals surface area contributed by atoms with E-state index in [0.29, 0.717) is 26.2 Å². The lowest BCUT2D eigenvalue weighted by Gasteiger charge is -2.08. The second kappa shape index (κ2) is 10.3. The molecule has 0 atom stereocenters. The molecule has 1 aromatic heterocycles. The number of hydrogen-bond donors (Lipinski definition) is 1. The number of halogens is 3. The van der Waals surface area contributed by atoms with Crippen LogP contribution in [0.25, 0.3) is 17.2 Å². The van der Waals surface area contributed by atoms with Crippen molar-refractivity contribution in [2.24, 2.45) is 0 Å². The number of nitrogens with one attached hydrogen (secondary N) is 1. The molecule has 0 aliphatic carbocycles. The second-order valence-corrected chi connectivity index (χ2v) is 8.69. The van der Waals surface area contributed by atoms with Gasteiger partial charge in [-0.15, -0.1) is 11.3 Å². The number of rotatable bonds is 6. The van der Waals surface area contributed by atoms with Gasteiger partial charge in [-0.05, 0) is 48.4 Å². The van der Waals surface area contributed by atoms with Gasteiger partial charge in [-0.2, -0.15) is 0 Å². The Labute approximate surface area is 196 Å². The Hall–Kier alpha value is -2.12. The summed E-state index contributed by atoms with van der Waals surface area (Å²) in [7, 11) is 0. The highest BCUT2D eigenvalue weighted by atomic mass is 79.9. The summed E-state index contributed by atoms with van der Waals surface area (Å²) in [5.41, 5.74) is 2.62. The van der Waals surface area contributed by atoms with Gasteiger partial charge in [0, 0.05) is 21.5 Å². The summed E-state index contributed by atoms with van der Waals surface area (Å²) < 4.78 is 6.14. The lowest BCUT2D eigenvalue weighted by Crippen LogP contribution is -2.12. The highest BCUT2D eigenvalue weighted by Gasteiger charge is 2.22. The molecule has 8 heteroatoms. The molecule has 0 unspecified atom stereocenters. The average Bonchev–Trinajstić information content (AvgIpc) is 3.13. The number of anilines is 1. The molecular formula is C22H16BrCl2NO3S. The molecule has 0 saturated heterocycles. The van der Waals surface area contributed by atoms with Crippen molar-refractivity contribution in [1.29, 1.82) is 0 Å². The molecule has 3 rings (SSSR count). The van der Waals surface area contributed by atoms with Crippen molar-refractivity contribution in [3.05, 3.63) is 79.6 Å². The Morgan fingerprint density at radius 1 is 1.13 bits per heavy atom. The van der Waals surface area contributed by atoms with E-state index in [1.165, 1.54) is 17.4 Å². The van der Waals surface area contributed by atoms with Crippen LogP contribution in [0.15, 0.2) is 58.4 Å². The normalized spacial score (nSPS) is 10.9. The molecule has 2 aromatic carbocycles. The monoisotopic (exact) mass is 523 g/mol. The van der Waals surface area contributed by atoms with Crippen molar-refractivity contribution in [3.8, 4) is 11.1 Å². The number of amides is 1. The fourth-order valence-electron chi connectivity index (χ4n) is 2.64. The number of benzene rings is 2. The average molecular weight is 525 g/mol. The molecule has 4 nitrogen and oxygen atoms in total. The van der Waals surface area contributed by atoms with E-state index in [2.05, 4.69) is 21.2 Å². The van der Waals surface area contributed by atoms with Gasteiger partial charge >= 0.3 is 5.97 Å². The van der Waals surface area contributed by atoms with Crippen LogP contribution >= 0.6 is 50.5 Å². The molecule has 0 bridgehead atoms. The zero-order chi connectivity index (χ0) is 21.7. The van der Waals surface area contributed by atoms with Gasteiger partial charge in [-0.25, -0.2) is 4.79 Å². The largest absolute Gasteiger partial charge is 0.462 e. The maximum atomic E-state index is 12.6. The minimum atomic E-state index is -0.486. The summed E-state index contributed by atoms with van der Waals surface area (Å²) >= 11 is 16.6. The predicted molar refractivity (Wildman–Crippen MR) is 128 cm³/mol. The summed E-state index contributed by atoms with van der Waals surface area (Å²) in [4.78, 5) is 25.0. The fraction of sp³-hybridized carbons (Fsp3) is 0.0909. The predicted octanol–water partition coefficient (Wildman–Crippen LogP) is 7.31. The van der Waals surface area contributed by atoms with Crippen molar-refractivity contribution in [1.82, 2.24) is 0 Å². The molecule has 0 aliphatic rings. The Balaban J connectivity index is 1.86. The van der Waals surface area contributed by atoms with E-state index in [1.807, 2.05) is 29.6 Å². The van der Waals surface area contributed by atoms with E-state index in [4.69, 9.17) is 27.9 Å². The molecule has 1 amide bonds. The van der Waals surface area contributed by atoms with Gasteiger partial charge in [0.1, 0.15) is 10.6 Å². The molecule has 1 N–H and O–H groups in total. The standard InChI is InChI=1S/C22H16BrCl2NO3S/c1-2-29-22(28)20-16(14-5-7-15(23)8-6-14)12-30-21(20)26-19(27)10-4-13-3-9-17(24)18(25)11-13/h3-12H,2H2,1H3,(H,26,27)/b10-4+. The highest BCUT2D eigenvalue weighted by molar-refractivity contribution is 9.10. The minimum Gasteiger partial charge on any atom is -0.462 e. The molecule has 0 fully saturated rings. The quantitative estimate of drug-likeness (QED) is 0.271. The van der Waals surface area contributed by atoms with Crippen LogP contribution in [0.1, 0.15) is 22.8 Å². The van der Waals surface area contributed by atoms with Crippen molar-refractivity contribution < 1.29 is 14.3 Å². The summed E-state index contributed by atoms with van der Waals surface area (Å²) in [5.74, 6) is -0.865. The SMILES string of the molecule is CCOC(=O)c1c(-c2ccc(Br)cc2)csc1NC(=O)/C=C/c1ccc(Cl)c(Cl)c1. The number of ether oxygens (including phenoxy) is 1. The van der Waals surface area contributed by atoms with Crippen molar-refractivity contribution in [3.63, 3.8) is 0 Å². The molecule has 30 heavy (non-hydrogen) atoms. The van der Waals surface area contributed by atoms with Gasteiger partial charge in [0.25, 0.3) is 0 Å². The van der Waals surface area contributed by atoms with Gasteiger partial charge in [0.2, 0.25) is 5.91 Å². The van der Waals surface area contributed by atoms with Gasteiger partial charge < -0.3 is 10.1 Å². The summed E-state index contributed by atoms with van der Waals surface area (Å²) in [5, 5.41) is 5.87. The molecule has 0 spiro atoms. The van der Waals surface area contributed by atoms with Crippen LogP contribution in [0.2, 0.25) is 10.0 Å². The maximum absolute atomic E-state index is 12.6. The first-order chi connectivity index (χ1) is 14.4. The Morgan fingerprint density at radius 2 is 1.87 bits per heavy atom. The van der Waals surface area contributed by atoms with Crippen LogP contribution < -0.4 is 5.32 Å². The number of thiophene rings is 1. The van der Waals surface area contributed by atoms with E-state index < -0.39 is 5.97 Å². The van der Waals surface area contributed by atoms with Crippen LogP contribution in [0, 0.1) is 0 Å². The maximum Gasteiger partial charge on any atom is 0.341 e. The Morgan fingerprint density at radius 3 is 2.53 bits per heavy atom. The molecule has 0 aliphatic heterocycles. The van der Waals surface area contributed by atoms with Crippen LogP contribution in [0.5, 0.6) is 0 Å². The second-order valence-electron chi connectivity index (χ2n) is 6.08. The molecule has 1 heterocycles. The van der Waals surface area contributed by atoms with Gasteiger partial charge in [-0.3, -0.25) is 4.79 Å². The number of carbonyl (C=O) groups excluding carboxylic acids is 2. The van der Waals surface area contributed by atoms with E-state index in [1.54, 1.807) is 31.2 Å². The van der Waals surface area contributed by atoms with Crippen LogP contribution in [0.3, 0.4) is 0 Å². The summed E-state index contributed by atoms with van der Waals surface area (Å²) in [6.07, 6.45) is 2.98. The summed E-state index contributed by atoms with van der Waals surface area (Å²) in [6, 6.07) is 12.6. The van der Waals surface area contributed by atoms with Crippen molar-refractivity contribution >= 4 is 73.4 Å². The fourth-order valence-corrected chi connectivity index (χ4v) is 4.17. The smallest absolute Gasteiger partial charge is 0.341 e. The number of hydrogen-bond acceptors (Lipinski definition) is 4. The number of carbonyl (C=O) groups is 2. The Bertz CT molecular complexity index is 1110. The first-order valence-electron chi connectivity index (χ1n) is 8.87. The van der Waals surface area contributed by atoms with Crippen LogP contribution in [0.4, 0.5) is 5.00 Å². The number of esters is 1. The third-order valence-electron chi connectivity index (χ3n) is 4.03. The van der Waals surface area contributed by atoms with Crippen LogP contribution in [-0.4, -0.2) is 18.5 Å². The van der Waals surface area contributed by atoms with E-state index in [9.17, 15) is 9.59 Å². The van der Waals surface area contributed by atoms with Gasteiger partial charge in [-0.1, -0.05) is 57.3 Å². The van der Waals surface area contributed by atoms with Gasteiger partial charge in [0.15, 0.2) is 0 Å². The first-order valence-corrected chi connectivity index (χ1v) is 11.3. The minimum absolute atomic E-state index is 0.235. The molecule has 0 saturated carbocycles. The first kappa shape index (κ1) is 22.6. The third-order valence-corrected chi connectivity index (χ3v) is 6.20. The van der Waals surface area contributed by atoms with E-state index >= 15 is 0 Å². The molecule has 154 valence electrons. The topological polar surface area (TPSA) is 55.4 Å². The zero-order valence-corrected chi connectivity index (χ0v) is 19.7. The molecule has 3 aromatic rings. The van der Waals surface area contributed by atoms with Crippen molar-refractivity contribution in [2.45, 2.75) is 6.92 Å². The van der Waals surface area contributed by atoms with E-state index in [-0.39, 0.29) is 12.5 Å². The lowest BCUT2D eigenvalue weighted by atomic mass is 10.0. The zero-order valence-electron chi connectivity index (χ0n) is 15.7. The highest BCUT2D eigenvalue weighted by Crippen LogP contribution is 2.36. The van der Waals surface area contributed by atoms with E-state index in [0.717, 1.165) is 15.6 Å². The van der Waals surface area contributed by atoms with Gasteiger partial charge in [0.05, 0.1) is 16.7 Å². The third kappa shape index (κ3) is 5.52. The molecular weight excluding hydrogens is 509 g/mol. The lowest BCUT2D eigenvalue weighted by molar-refractivity contribution is -0.111.